The maximum atomic E-state index is 12.1. The van der Waals surface area contributed by atoms with Crippen LogP contribution in [0.4, 0.5) is 0 Å². The third kappa shape index (κ3) is 6.45. The Morgan fingerprint density at radius 3 is 2.15 bits per heavy atom. The molecular weight excluding hydrogens is 256 g/mol. The highest BCUT2D eigenvalue weighted by Crippen LogP contribution is 2.26. The third-order valence-corrected chi connectivity index (χ3v) is 2.90. The standard InChI is InChI=1S/C16H24O4/c1-7-13(18)14(20-12(4)17)10-16(5,6)15(19)9-8-11(2)3/h8-9,14H,2,7,10H2,1,3-6H3. The minimum atomic E-state index is -0.866. The van der Waals surface area contributed by atoms with Crippen molar-refractivity contribution in [3.05, 3.63) is 24.3 Å². The van der Waals surface area contributed by atoms with Gasteiger partial charge in [-0.25, -0.2) is 0 Å². The van der Waals surface area contributed by atoms with Gasteiger partial charge >= 0.3 is 5.97 Å². The van der Waals surface area contributed by atoms with E-state index in [0.29, 0.717) is 0 Å². The van der Waals surface area contributed by atoms with E-state index in [1.165, 1.54) is 13.0 Å². The van der Waals surface area contributed by atoms with Crippen molar-refractivity contribution in [3.8, 4) is 0 Å². The van der Waals surface area contributed by atoms with Crippen LogP contribution in [0.3, 0.4) is 0 Å². The van der Waals surface area contributed by atoms with Gasteiger partial charge in [0.2, 0.25) is 0 Å². The summed E-state index contributed by atoms with van der Waals surface area (Å²) in [5.41, 5.74) is -0.00741. The van der Waals surface area contributed by atoms with Crippen LogP contribution in [-0.4, -0.2) is 23.6 Å². The molecule has 0 aromatic heterocycles. The molecule has 0 saturated carbocycles. The highest BCUT2D eigenvalue weighted by molar-refractivity contribution is 5.95. The predicted molar refractivity (Wildman–Crippen MR) is 78.2 cm³/mol. The molecule has 0 fully saturated rings. The van der Waals surface area contributed by atoms with Crippen LogP contribution in [0.1, 0.15) is 47.5 Å². The molecule has 0 spiro atoms. The minimum Gasteiger partial charge on any atom is -0.455 e. The van der Waals surface area contributed by atoms with Gasteiger partial charge in [-0.15, -0.1) is 0 Å². The second-order valence-corrected chi connectivity index (χ2v) is 5.55. The number of ketones is 2. The van der Waals surface area contributed by atoms with Gasteiger partial charge in [-0.1, -0.05) is 39.0 Å². The zero-order chi connectivity index (χ0) is 15.9. The first-order valence-electron chi connectivity index (χ1n) is 6.68. The molecule has 1 unspecified atom stereocenters. The van der Waals surface area contributed by atoms with E-state index in [2.05, 4.69) is 6.58 Å². The summed E-state index contributed by atoms with van der Waals surface area (Å²) in [5, 5.41) is 0. The van der Waals surface area contributed by atoms with Crippen molar-refractivity contribution in [2.24, 2.45) is 5.41 Å². The van der Waals surface area contributed by atoms with Gasteiger partial charge in [0.15, 0.2) is 17.7 Å². The number of ether oxygens (including phenoxy) is 1. The summed E-state index contributed by atoms with van der Waals surface area (Å²) in [6, 6.07) is 0. The molecule has 0 aliphatic carbocycles. The number of carbonyl (C=O) groups is 3. The number of carbonyl (C=O) groups excluding carboxylic acids is 3. The minimum absolute atomic E-state index is 0.124. The van der Waals surface area contributed by atoms with Crippen molar-refractivity contribution >= 4 is 17.5 Å². The average molecular weight is 280 g/mol. The summed E-state index contributed by atoms with van der Waals surface area (Å²) in [5.74, 6) is -0.816. The van der Waals surface area contributed by atoms with Crippen molar-refractivity contribution in [2.45, 2.75) is 53.6 Å². The first-order chi connectivity index (χ1) is 9.10. The van der Waals surface area contributed by atoms with Crippen molar-refractivity contribution in [1.82, 2.24) is 0 Å². The second-order valence-electron chi connectivity index (χ2n) is 5.55. The Bertz CT molecular complexity index is 430. The lowest BCUT2D eigenvalue weighted by Gasteiger charge is -2.26. The highest BCUT2D eigenvalue weighted by Gasteiger charge is 2.33. The number of hydrogen-bond donors (Lipinski definition) is 0. The van der Waals surface area contributed by atoms with Crippen LogP contribution >= 0.6 is 0 Å². The number of hydrogen-bond acceptors (Lipinski definition) is 4. The van der Waals surface area contributed by atoms with Gasteiger partial charge in [-0.05, 0) is 13.0 Å². The number of Topliss-reactive ketones (excluding diaryl/α,β-unsaturated/α-hetero) is 1. The summed E-state index contributed by atoms with van der Waals surface area (Å²) in [4.78, 5) is 35.0. The molecule has 1 atom stereocenters. The van der Waals surface area contributed by atoms with Crippen molar-refractivity contribution in [1.29, 1.82) is 0 Å². The second kappa shape index (κ2) is 7.78. The molecule has 0 amide bonds. The Labute approximate surface area is 120 Å². The molecule has 0 saturated heterocycles. The summed E-state index contributed by atoms with van der Waals surface area (Å²) in [7, 11) is 0. The lowest BCUT2D eigenvalue weighted by molar-refractivity contribution is -0.155. The zero-order valence-corrected chi connectivity index (χ0v) is 13.0. The molecule has 112 valence electrons. The topological polar surface area (TPSA) is 60.4 Å². The Morgan fingerprint density at radius 2 is 1.75 bits per heavy atom. The van der Waals surface area contributed by atoms with E-state index in [1.54, 1.807) is 33.8 Å². The molecule has 20 heavy (non-hydrogen) atoms. The van der Waals surface area contributed by atoms with Gasteiger partial charge < -0.3 is 4.74 Å². The molecule has 0 aromatic rings. The fraction of sp³-hybridized carbons (Fsp3) is 0.562. The van der Waals surface area contributed by atoms with Gasteiger partial charge in [0.05, 0.1) is 0 Å². The summed E-state index contributed by atoms with van der Waals surface area (Å²) in [6.07, 6.45) is 2.66. The molecule has 0 aromatic carbocycles. The van der Waals surface area contributed by atoms with Crippen LogP contribution < -0.4 is 0 Å². The van der Waals surface area contributed by atoms with Crippen LogP contribution in [0.15, 0.2) is 24.3 Å². The van der Waals surface area contributed by atoms with Crippen LogP contribution in [-0.2, 0) is 19.1 Å². The predicted octanol–water partition coefficient (Wildman–Crippen LogP) is 3.01. The number of rotatable bonds is 8. The van der Waals surface area contributed by atoms with E-state index in [4.69, 9.17) is 4.74 Å². The fourth-order valence-electron chi connectivity index (χ4n) is 1.66. The zero-order valence-electron chi connectivity index (χ0n) is 13.0. The van der Waals surface area contributed by atoms with E-state index in [-0.39, 0.29) is 24.4 Å². The number of allylic oxidation sites excluding steroid dienone is 3. The summed E-state index contributed by atoms with van der Waals surface area (Å²) < 4.78 is 5.03. The molecule has 4 heteroatoms. The van der Waals surface area contributed by atoms with Gasteiger partial charge in [-0.3, -0.25) is 14.4 Å². The van der Waals surface area contributed by atoms with E-state index in [1.807, 2.05) is 0 Å². The molecular formula is C16H24O4. The van der Waals surface area contributed by atoms with E-state index < -0.39 is 17.5 Å². The lowest BCUT2D eigenvalue weighted by Crippen LogP contribution is -2.35. The molecule has 0 heterocycles. The van der Waals surface area contributed by atoms with Crippen molar-refractivity contribution < 1.29 is 19.1 Å². The monoisotopic (exact) mass is 280 g/mol. The Kier molecular flexibility index (Phi) is 7.11. The summed E-state index contributed by atoms with van der Waals surface area (Å²) >= 11 is 0. The van der Waals surface area contributed by atoms with Crippen LogP contribution in [0.25, 0.3) is 0 Å². The largest absolute Gasteiger partial charge is 0.455 e. The molecule has 0 bridgehead atoms. The normalized spacial score (nSPS) is 13.1. The van der Waals surface area contributed by atoms with Crippen LogP contribution in [0, 0.1) is 5.41 Å². The van der Waals surface area contributed by atoms with Crippen molar-refractivity contribution in [3.63, 3.8) is 0 Å². The fourth-order valence-corrected chi connectivity index (χ4v) is 1.66. The van der Waals surface area contributed by atoms with E-state index in [9.17, 15) is 14.4 Å². The van der Waals surface area contributed by atoms with Gasteiger partial charge in [0.1, 0.15) is 0 Å². The maximum Gasteiger partial charge on any atom is 0.303 e. The average Bonchev–Trinajstić information content (AvgIpc) is 2.32. The quantitative estimate of drug-likeness (QED) is 0.389. The Balaban J connectivity index is 4.99. The van der Waals surface area contributed by atoms with Crippen LogP contribution in [0.5, 0.6) is 0 Å². The summed E-state index contributed by atoms with van der Waals surface area (Å²) in [6.45, 7) is 11.9. The highest BCUT2D eigenvalue weighted by atomic mass is 16.5. The molecule has 4 nitrogen and oxygen atoms in total. The van der Waals surface area contributed by atoms with Gasteiger partial charge in [0, 0.05) is 25.2 Å². The third-order valence-electron chi connectivity index (χ3n) is 2.90. The van der Waals surface area contributed by atoms with E-state index in [0.717, 1.165) is 5.57 Å². The molecule has 0 radical (unpaired) electrons. The van der Waals surface area contributed by atoms with Crippen molar-refractivity contribution in [2.75, 3.05) is 0 Å². The first kappa shape index (κ1) is 18.3. The Hall–Kier alpha value is -1.71. The van der Waals surface area contributed by atoms with E-state index >= 15 is 0 Å². The van der Waals surface area contributed by atoms with Gasteiger partial charge in [-0.2, -0.15) is 0 Å². The lowest BCUT2D eigenvalue weighted by atomic mass is 9.81. The molecule has 0 aliphatic rings. The number of esters is 1. The SMILES string of the molecule is C=C(C)C=CC(=O)C(C)(C)CC(OC(C)=O)C(=O)CC. The maximum absolute atomic E-state index is 12.1. The van der Waals surface area contributed by atoms with Crippen LogP contribution in [0.2, 0.25) is 0 Å². The van der Waals surface area contributed by atoms with Gasteiger partial charge in [0.25, 0.3) is 0 Å². The molecule has 0 rings (SSSR count). The first-order valence-corrected chi connectivity index (χ1v) is 6.68. The molecule has 0 aliphatic heterocycles. The Morgan fingerprint density at radius 1 is 1.20 bits per heavy atom. The smallest absolute Gasteiger partial charge is 0.303 e. The molecule has 0 N–H and O–H groups in total.